The Morgan fingerprint density at radius 3 is 2.52 bits per heavy atom. The maximum atomic E-state index is 13.0. The smallest absolute Gasteiger partial charge is 0.325 e. The minimum Gasteiger partial charge on any atom is -0.387 e. The summed E-state index contributed by atoms with van der Waals surface area (Å²) in [6.45, 7) is 6.19. The topological polar surface area (TPSA) is 69.6 Å². The van der Waals surface area contributed by atoms with Crippen LogP contribution in [0, 0.1) is 17.2 Å². The number of hydrogen-bond donors (Lipinski definition) is 2. The van der Waals surface area contributed by atoms with E-state index in [1.807, 2.05) is 0 Å². The van der Waals surface area contributed by atoms with Gasteiger partial charge in [-0.15, -0.1) is 0 Å². The molecule has 136 valence electrons. The molecule has 3 amide bonds. The Morgan fingerprint density at radius 2 is 1.92 bits per heavy atom. The summed E-state index contributed by atoms with van der Waals surface area (Å²) in [6, 6.07) is 4.95. The zero-order valence-electron chi connectivity index (χ0n) is 14.9. The van der Waals surface area contributed by atoms with Gasteiger partial charge < -0.3 is 10.4 Å². The van der Waals surface area contributed by atoms with Crippen molar-refractivity contribution < 1.29 is 19.1 Å². The number of nitrogens with one attached hydrogen (secondary N) is 1. The first-order chi connectivity index (χ1) is 11.6. The fourth-order valence-electron chi connectivity index (χ4n) is 4.64. The quantitative estimate of drug-likeness (QED) is 0.825. The number of aliphatic hydroxyl groups is 1. The second kappa shape index (κ2) is 6.09. The van der Waals surface area contributed by atoms with Gasteiger partial charge in [-0.05, 0) is 48.3 Å². The molecule has 1 saturated carbocycles. The van der Waals surface area contributed by atoms with Crippen LogP contribution in [0.4, 0.5) is 9.18 Å². The molecule has 1 aromatic rings. The van der Waals surface area contributed by atoms with E-state index < -0.39 is 23.5 Å². The number of amides is 3. The van der Waals surface area contributed by atoms with Crippen molar-refractivity contribution in [1.29, 1.82) is 0 Å². The van der Waals surface area contributed by atoms with Gasteiger partial charge in [0.05, 0.1) is 12.6 Å². The number of β-amino-alcohol motifs (C(OH)–C–C–N with tert-alkyl or cyclic N) is 1. The summed E-state index contributed by atoms with van der Waals surface area (Å²) in [6.07, 6.45) is 1.18. The number of benzene rings is 1. The fourth-order valence-corrected chi connectivity index (χ4v) is 4.64. The molecule has 1 aliphatic carbocycles. The predicted octanol–water partition coefficient (Wildman–Crippen LogP) is 3.00. The molecule has 1 saturated heterocycles. The third-order valence-electron chi connectivity index (χ3n) is 5.23. The van der Waals surface area contributed by atoms with Crippen molar-refractivity contribution in [2.24, 2.45) is 11.3 Å². The van der Waals surface area contributed by atoms with Crippen LogP contribution in [0.25, 0.3) is 0 Å². The van der Waals surface area contributed by atoms with Crippen LogP contribution in [0.15, 0.2) is 24.3 Å². The van der Waals surface area contributed by atoms with Gasteiger partial charge in [-0.25, -0.2) is 9.18 Å². The number of halogens is 1. The van der Waals surface area contributed by atoms with Crippen LogP contribution < -0.4 is 5.32 Å². The maximum absolute atomic E-state index is 13.0. The predicted molar refractivity (Wildman–Crippen MR) is 91.1 cm³/mol. The van der Waals surface area contributed by atoms with Crippen molar-refractivity contribution in [3.63, 3.8) is 0 Å². The Bertz CT molecular complexity index is 688. The van der Waals surface area contributed by atoms with Crippen LogP contribution >= 0.6 is 0 Å². The van der Waals surface area contributed by atoms with Crippen molar-refractivity contribution in [2.75, 3.05) is 6.54 Å². The minimum absolute atomic E-state index is 0.0355. The van der Waals surface area contributed by atoms with Gasteiger partial charge in [-0.2, -0.15) is 0 Å². The monoisotopic (exact) mass is 348 g/mol. The molecule has 1 aliphatic heterocycles. The Balaban J connectivity index is 1.78. The van der Waals surface area contributed by atoms with Gasteiger partial charge in [0.1, 0.15) is 11.4 Å². The molecule has 3 atom stereocenters. The highest BCUT2D eigenvalue weighted by Gasteiger charge is 2.56. The molecular weight excluding hydrogens is 323 g/mol. The first kappa shape index (κ1) is 17.9. The van der Waals surface area contributed by atoms with E-state index in [2.05, 4.69) is 26.1 Å². The number of aliphatic hydroxyl groups excluding tert-OH is 1. The lowest BCUT2D eigenvalue weighted by atomic mass is 9.64. The molecule has 1 aromatic carbocycles. The molecule has 2 fully saturated rings. The molecule has 0 radical (unpaired) electrons. The Labute approximate surface area is 147 Å². The second-order valence-corrected chi connectivity index (χ2v) is 8.35. The van der Waals surface area contributed by atoms with E-state index in [1.165, 1.54) is 24.3 Å². The first-order valence-electron chi connectivity index (χ1n) is 8.70. The average Bonchev–Trinajstić information content (AvgIpc) is 2.69. The van der Waals surface area contributed by atoms with E-state index in [-0.39, 0.29) is 17.9 Å². The van der Waals surface area contributed by atoms with Gasteiger partial charge in [0.2, 0.25) is 0 Å². The van der Waals surface area contributed by atoms with Gasteiger partial charge in [0, 0.05) is 0 Å². The summed E-state index contributed by atoms with van der Waals surface area (Å²) >= 11 is 0. The highest BCUT2D eigenvalue weighted by atomic mass is 19.1. The number of hydrogen-bond acceptors (Lipinski definition) is 3. The second-order valence-electron chi connectivity index (χ2n) is 8.35. The molecule has 1 spiro atoms. The maximum Gasteiger partial charge on any atom is 0.325 e. The van der Waals surface area contributed by atoms with Gasteiger partial charge in [0.15, 0.2) is 0 Å². The number of carbonyl (C=O) groups excluding carboxylic acids is 2. The number of nitrogens with zero attached hydrogens (tertiary/aromatic N) is 1. The van der Waals surface area contributed by atoms with Gasteiger partial charge in [-0.1, -0.05) is 32.9 Å². The van der Waals surface area contributed by atoms with E-state index in [0.29, 0.717) is 24.3 Å². The largest absolute Gasteiger partial charge is 0.387 e. The third kappa shape index (κ3) is 3.40. The summed E-state index contributed by atoms with van der Waals surface area (Å²) < 4.78 is 13.0. The molecule has 25 heavy (non-hydrogen) atoms. The van der Waals surface area contributed by atoms with Gasteiger partial charge in [-0.3, -0.25) is 9.69 Å². The van der Waals surface area contributed by atoms with Crippen molar-refractivity contribution in [1.82, 2.24) is 10.2 Å². The zero-order chi connectivity index (χ0) is 18.4. The number of urea groups is 1. The summed E-state index contributed by atoms with van der Waals surface area (Å²) in [7, 11) is 0. The molecular formula is C19H25FN2O3. The third-order valence-corrected chi connectivity index (χ3v) is 5.23. The van der Waals surface area contributed by atoms with Crippen molar-refractivity contribution in [3.8, 4) is 0 Å². The molecule has 5 nitrogen and oxygen atoms in total. The molecule has 1 heterocycles. The van der Waals surface area contributed by atoms with Crippen LogP contribution in [-0.2, 0) is 4.79 Å². The lowest BCUT2D eigenvalue weighted by Gasteiger charge is -2.43. The standard InChI is InChI=1S/C19H25FN2O3/c1-12-8-18(2,3)11-19(9-12)16(24)22(17(25)21-19)10-15(23)13-4-6-14(20)7-5-13/h4-7,12,15,23H,8-11H2,1-3H3,(H,21,25)/t12-,15-,19+/m1/s1. The van der Waals surface area contributed by atoms with E-state index in [9.17, 15) is 19.1 Å². The van der Waals surface area contributed by atoms with Crippen molar-refractivity contribution in [2.45, 2.75) is 51.7 Å². The van der Waals surface area contributed by atoms with E-state index in [4.69, 9.17) is 0 Å². The Morgan fingerprint density at radius 1 is 1.28 bits per heavy atom. The van der Waals surface area contributed by atoms with Gasteiger partial charge in [0.25, 0.3) is 5.91 Å². The molecule has 0 bridgehead atoms. The average molecular weight is 348 g/mol. The fraction of sp³-hybridized carbons (Fsp3) is 0.579. The van der Waals surface area contributed by atoms with E-state index in [1.54, 1.807) is 0 Å². The normalized spacial score (nSPS) is 29.8. The van der Waals surface area contributed by atoms with Crippen LogP contribution in [0.5, 0.6) is 0 Å². The van der Waals surface area contributed by atoms with Crippen molar-refractivity contribution in [3.05, 3.63) is 35.6 Å². The minimum atomic E-state index is -1.04. The molecule has 2 N–H and O–H groups in total. The van der Waals surface area contributed by atoms with Crippen LogP contribution in [0.1, 0.15) is 51.7 Å². The summed E-state index contributed by atoms with van der Waals surface area (Å²) in [5, 5.41) is 13.2. The lowest BCUT2D eigenvalue weighted by molar-refractivity contribution is -0.135. The van der Waals surface area contributed by atoms with E-state index >= 15 is 0 Å². The number of rotatable bonds is 3. The highest BCUT2D eigenvalue weighted by molar-refractivity contribution is 6.07. The summed E-state index contributed by atoms with van der Waals surface area (Å²) in [4.78, 5) is 26.5. The Hall–Kier alpha value is -1.95. The molecule has 2 aliphatic rings. The van der Waals surface area contributed by atoms with Crippen LogP contribution in [-0.4, -0.2) is 34.0 Å². The molecule has 0 aromatic heterocycles. The highest BCUT2D eigenvalue weighted by Crippen LogP contribution is 2.46. The SMILES string of the molecule is C[C@@H]1CC(C)(C)C[C@]2(C1)NC(=O)N(C[C@@H](O)c1ccc(F)cc1)C2=O. The number of imide groups is 1. The molecule has 0 unspecified atom stereocenters. The number of carbonyl (C=O) groups is 2. The summed E-state index contributed by atoms with van der Waals surface area (Å²) in [5.41, 5.74) is -0.437. The zero-order valence-corrected chi connectivity index (χ0v) is 14.9. The molecule has 3 rings (SSSR count). The Kier molecular flexibility index (Phi) is 4.35. The molecule has 6 heteroatoms. The van der Waals surface area contributed by atoms with Crippen molar-refractivity contribution >= 4 is 11.9 Å². The van der Waals surface area contributed by atoms with E-state index in [0.717, 1.165) is 11.3 Å². The lowest BCUT2D eigenvalue weighted by Crippen LogP contribution is -2.54. The first-order valence-corrected chi connectivity index (χ1v) is 8.70. The van der Waals surface area contributed by atoms with Crippen LogP contribution in [0.3, 0.4) is 0 Å². The van der Waals surface area contributed by atoms with Gasteiger partial charge >= 0.3 is 6.03 Å². The summed E-state index contributed by atoms with van der Waals surface area (Å²) in [5.74, 6) is -0.337. The van der Waals surface area contributed by atoms with Crippen LogP contribution in [0.2, 0.25) is 0 Å².